The molecule has 1 rings (SSSR count). The molecule has 1 aliphatic heterocycles. The molecule has 0 aliphatic carbocycles. The van der Waals surface area contributed by atoms with E-state index in [4.69, 9.17) is 0 Å². The Morgan fingerprint density at radius 3 is 2.76 bits per heavy atom. The van der Waals surface area contributed by atoms with Crippen molar-refractivity contribution in [2.45, 2.75) is 49.1 Å². The lowest BCUT2D eigenvalue weighted by Crippen LogP contribution is -2.43. The van der Waals surface area contributed by atoms with Crippen molar-refractivity contribution >= 4 is 31.7 Å². The molecule has 0 saturated carbocycles. The smallest absolute Gasteiger partial charge is 0.238 e. The predicted octanol–water partition coefficient (Wildman–Crippen LogP) is 1.63. The number of nitrogens with one attached hydrogen (secondary N) is 1. The minimum Gasteiger partial charge on any atom is -0.355 e. The largest absolute Gasteiger partial charge is 0.355 e. The van der Waals surface area contributed by atoms with Gasteiger partial charge in [-0.15, -0.1) is 0 Å². The fourth-order valence-corrected chi connectivity index (χ4v) is 4.11. The number of rotatable bonds is 5. The third-order valence-corrected chi connectivity index (χ3v) is 5.58. The maximum Gasteiger partial charge on any atom is 0.238 e. The Morgan fingerprint density at radius 2 is 2.18 bits per heavy atom. The van der Waals surface area contributed by atoms with E-state index in [9.17, 15) is 13.2 Å². The van der Waals surface area contributed by atoms with Crippen molar-refractivity contribution in [3.63, 3.8) is 0 Å². The Kier molecular flexibility index (Phi) is 5.92. The summed E-state index contributed by atoms with van der Waals surface area (Å²) in [5.74, 6) is -0.157. The SMILES string of the molecule is CC(Br)CCCNC(=O)C1CCCCS1(=O)=O. The third kappa shape index (κ3) is 4.95. The van der Waals surface area contributed by atoms with Gasteiger partial charge in [0.2, 0.25) is 5.91 Å². The second-order valence-electron chi connectivity index (χ2n) is 4.57. The molecule has 1 N–H and O–H groups in total. The molecule has 0 radical (unpaired) electrons. The first-order chi connectivity index (χ1) is 7.93. The highest BCUT2D eigenvalue weighted by Crippen LogP contribution is 2.19. The van der Waals surface area contributed by atoms with Crippen molar-refractivity contribution in [1.29, 1.82) is 0 Å². The molecule has 0 aromatic carbocycles. The molecule has 0 aromatic rings. The fraction of sp³-hybridized carbons (Fsp3) is 0.909. The maximum atomic E-state index is 11.8. The predicted molar refractivity (Wildman–Crippen MR) is 72.1 cm³/mol. The third-order valence-electron chi connectivity index (χ3n) is 2.95. The van der Waals surface area contributed by atoms with E-state index in [1.165, 1.54) is 0 Å². The van der Waals surface area contributed by atoms with Gasteiger partial charge in [-0.25, -0.2) is 8.42 Å². The number of carbonyl (C=O) groups is 1. The molecule has 2 unspecified atom stereocenters. The molecule has 1 aliphatic rings. The van der Waals surface area contributed by atoms with Crippen LogP contribution in [0.4, 0.5) is 0 Å². The van der Waals surface area contributed by atoms with Crippen molar-refractivity contribution in [1.82, 2.24) is 5.32 Å². The lowest BCUT2D eigenvalue weighted by molar-refractivity contribution is -0.120. The van der Waals surface area contributed by atoms with E-state index in [1.54, 1.807) is 0 Å². The van der Waals surface area contributed by atoms with Crippen LogP contribution in [0.3, 0.4) is 0 Å². The molecule has 1 heterocycles. The second-order valence-corrected chi connectivity index (χ2v) is 8.43. The van der Waals surface area contributed by atoms with Gasteiger partial charge in [0.05, 0.1) is 5.75 Å². The normalized spacial score (nSPS) is 25.2. The number of sulfone groups is 1. The van der Waals surface area contributed by atoms with E-state index in [-0.39, 0.29) is 11.7 Å². The lowest BCUT2D eigenvalue weighted by atomic mass is 10.2. The van der Waals surface area contributed by atoms with Crippen LogP contribution >= 0.6 is 15.9 Å². The first kappa shape index (κ1) is 15.0. The highest BCUT2D eigenvalue weighted by Gasteiger charge is 2.34. The summed E-state index contributed by atoms with van der Waals surface area (Å²) in [6.45, 7) is 2.61. The van der Waals surface area contributed by atoms with Gasteiger partial charge in [-0.05, 0) is 25.7 Å². The summed E-state index contributed by atoms with van der Waals surface area (Å²) < 4.78 is 23.4. The summed E-state index contributed by atoms with van der Waals surface area (Å²) in [7, 11) is -3.20. The minimum absolute atomic E-state index is 0.156. The van der Waals surface area contributed by atoms with E-state index in [2.05, 4.69) is 21.2 Å². The van der Waals surface area contributed by atoms with Crippen LogP contribution in [0.15, 0.2) is 0 Å². The van der Waals surface area contributed by atoms with Crippen LogP contribution in [-0.4, -0.2) is 36.7 Å². The van der Waals surface area contributed by atoms with Crippen molar-refractivity contribution in [3.8, 4) is 0 Å². The van der Waals surface area contributed by atoms with E-state index in [0.717, 1.165) is 19.3 Å². The van der Waals surface area contributed by atoms with Crippen LogP contribution in [0.5, 0.6) is 0 Å². The summed E-state index contributed by atoms with van der Waals surface area (Å²) in [6.07, 6.45) is 3.83. The maximum absolute atomic E-state index is 11.8. The molecular weight excluding hydrogens is 306 g/mol. The minimum atomic E-state index is -3.20. The molecule has 4 nitrogen and oxygen atoms in total. The van der Waals surface area contributed by atoms with Gasteiger partial charge in [0.1, 0.15) is 5.25 Å². The highest BCUT2D eigenvalue weighted by molar-refractivity contribution is 9.09. The van der Waals surface area contributed by atoms with E-state index >= 15 is 0 Å². The van der Waals surface area contributed by atoms with E-state index < -0.39 is 15.1 Å². The monoisotopic (exact) mass is 325 g/mol. The van der Waals surface area contributed by atoms with Crippen LogP contribution in [0.1, 0.15) is 39.0 Å². The molecular formula is C11H20BrNO3S. The molecule has 1 fully saturated rings. The Hall–Kier alpha value is -0.100. The quantitative estimate of drug-likeness (QED) is 0.617. The van der Waals surface area contributed by atoms with Crippen LogP contribution in [0.2, 0.25) is 0 Å². The first-order valence-electron chi connectivity index (χ1n) is 6.07. The second kappa shape index (κ2) is 6.73. The summed E-state index contributed by atoms with van der Waals surface area (Å²) in [5, 5.41) is 1.92. The van der Waals surface area contributed by atoms with Crippen LogP contribution < -0.4 is 5.32 Å². The van der Waals surface area contributed by atoms with Gasteiger partial charge in [-0.2, -0.15) is 0 Å². The summed E-state index contributed by atoms with van der Waals surface area (Å²) >= 11 is 3.43. The lowest BCUT2D eigenvalue weighted by Gasteiger charge is -2.21. The Morgan fingerprint density at radius 1 is 1.47 bits per heavy atom. The molecule has 2 atom stereocenters. The van der Waals surface area contributed by atoms with Gasteiger partial charge < -0.3 is 5.32 Å². The number of carbonyl (C=O) groups excluding carboxylic acids is 1. The number of amides is 1. The molecule has 100 valence electrons. The zero-order valence-corrected chi connectivity index (χ0v) is 12.5. The van der Waals surface area contributed by atoms with Gasteiger partial charge in [-0.3, -0.25) is 4.79 Å². The summed E-state index contributed by atoms with van der Waals surface area (Å²) in [4.78, 5) is 12.2. The van der Waals surface area contributed by atoms with Crippen LogP contribution in [-0.2, 0) is 14.6 Å². The zero-order chi connectivity index (χ0) is 12.9. The van der Waals surface area contributed by atoms with Gasteiger partial charge in [0, 0.05) is 11.4 Å². The number of alkyl halides is 1. The number of hydrogen-bond donors (Lipinski definition) is 1. The molecule has 0 aromatic heterocycles. The average Bonchev–Trinajstić information content (AvgIpc) is 2.23. The van der Waals surface area contributed by atoms with Crippen molar-refractivity contribution < 1.29 is 13.2 Å². The molecule has 0 bridgehead atoms. The first-order valence-corrected chi connectivity index (χ1v) is 8.70. The van der Waals surface area contributed by atoms with E-state index in [0.29, 0.717) is 24.2 Å². The zero-order valence-electron chi connectivity index (χ0n) is 10.1. The summed E-state index contributed by atoms with van der Waals surface area (Å²) in [5.41, 5.74) is 0. The Balaban J connectivity index is 2.36. The highest BCUT2D eigenvalue weighted by atomic mass is 79.9. The van der Waals surface area contributed by atoms with E-state index in [1.807, 2.05) is 6.92 Å². The van der Waals surface area contributed by atoms with Crippen molar-refractivity contribution in [2.24, 2.45) is 0 Å². The fourth-order valence-electron chi connectivity index (χ4n) is 1.96. The standard InChI is InChI=1S/C11H20BrNO3S/c1-9(12)5-4-7-13-11(14)10-6-2-3-8-17(10,15)16/h9-10H,2-8H2,1H3,(H,13,14). The summed E-state index contributed by atoms with van der Waals surface area (Å²) in [6, 6.07) is 0. The van der Waals surface area contributed by atoms with Crippen LogP contribution in [0, 0.1) is 0 Å². The Bertz CT molecular complexity index is 354. The van der Waals surface area contributed by atoms with Gasteiger partial charge in [0.25, 0.3) is 0 Å². The molecule has 1 saturated heterocycles. The average molecular weight is 326 g/mol. The topological polar surface area (TPSA) is 63.2 Å². The molecule has 17 heavy (non-hydrogen) atoms. The Labute approximate surface area is 112 Å². The van der Waals surface area contributed by atoms with Gasteiger partial charge in [-0.1, -0.05) is 29.3 Å². The van der Waals surface area contributed by atoms with Gasteiger partial charge in [0.15, 0.2) is 9.84 Å². The molecule has 0 spiro atoms. The van der Waals surface area contributed by atoms with Gasteiger partial charge >= 0.3 is 0 Å². The van der Waals surface area contributed by atoms with Crippen molar-refractivity contribution in [2.75, 3.05) is 12.3 Å². The number of halogens is 1. The molecule has 6 heteroatoms. The van der Waals surface area contributed by atoms with Crippen LogP contribution in [0.25, 0.3) is 0 Å². The number of hydrogen-bond acceptors (Lipinski definition) is 3. The molecule has 1 amide bonds. The van der Waals surface area contributed by atoms with Crippen molar-refractivity contribution in [3.05, 3.63) is 0 Å².